The third-order valence-electron chi connectivity index (χ3n) is 2.49. The van der Waals surface area contributed by atoms with E-state index >= 15 is 0 Å². The van der Waals surface area contributed by atoms with Gasteiger partial charge in [0.15, 0.2) is 0 Å². The highest BCUT2D eigenvalue weighted by Gasteiger charge is 2.12. The third kappa shape index (κ3) is 4.75. The summed E-state index contributed by atoms with van der Waals surface area (Å²) >= 11 is 5.59. The number of ether oxygens (including phenoxy) is 1. The van der Waals surface area contributed by atoms with E-state index in [4.69, 9.17) is 16.3 Å². The number of carbonyl (C=O) groups excluding carboxylic acids is 1. The summed E-state index contributed by atoms with van der Waals surface area (Å²) in [5, 5.41) is 0. The molecule has 3 nitrogen and oxygen atoms in total. The van der Waals surface area contributed by atoms with Crippen LogP contribution in [0.3, 0.4) is 0 Å². The molecule has 0 unspecified atom stereocenters. The van der Waals surface area contributed by atoms with Crippen LogP contribution in [-0.2, 0) is 16.1 Å². The second-order valence-electron chi connectivity index (χ2n) is 3.93. The fraction of sp³-hybridized carbons (Fsp3) is 0.462. The molecular formula is C13H18ClNO2. The number of hydrogen-bond donors (Lipinski definition) is 0. The molecule has 1 rings (SSSR count). The van der Waals surface area contributed by atoms with Gasteiger partial charge in [-0.3, -0.25) is 4.79 Å². The van der Waals surface area contributed by atoms with Crippen molar-refractivity contribution in [2.75, 3.05) is 26.1 Å². The van der Waals surface area contributed by atoms with Crippen molar-refractivity contribution >= 4 is 17.5 Å². The van der Waals surface area contributed by atoms with E-state index in [1.54, 1.807) is 12.0 Å². The van der Waals surface area contributed by atoms with Crippen LogP contribution < -0.4 is 0 Å². The minimum atomic E-state index is -0.0646. The number of nitrogens with zero attached hydrogens (tertiary/aromatic N) is 1. The van der Waals surface area contributed by atoms with Gasteiger partial charge in [-0.05, 0) is 12.5 Å². The van der Waals surface area contributed by atoms with Gasteiger partial charge in [0.1, 0.15) is 5.88 Å². The number of methoxy groups -OCH3 is 1. The second-order valence-corrected chi connectivity index (χ2v) is 4.20. The summed E-state index contributed by atoms with van der Waals surface area (Å²) in [6.45, 7) is 3.70. The highest BCUT2D eigenvalue weighted by molar-refractivity contribution is 6.27. The Morgan fingerprint density at radius 2 is 2.24 bits per heavy atom. The zero-order valence-electron chi connectivity index (χ0n) is 10.3. The van der Waals surface area contributed by atoms with Crippen LogP contribution in [0.25, 0.3) is 0 Å². The van der Waals surface area contributed by atoms with Crippen LogP contribution >= 0.6 is 11.6 Å². The quantitative estimate of drug-likeness (QED) is 0.730. The van der Waals surface area contributed by atoms with E-state index in [0.717, 1.165) is 5.56 Å². The second kappa shape index (κ2) is 7.30. The normalized spacial score (nSPS) is 10.3. The van der Waals surface area contributed by atoms with Gasteiger partial charge in [-0.1, -0.05) is 29.8 Å². The highest BCUT2D eigenvalue weighted by atomic mass is 35.5. The van der Waals surface area contributed by atoms with E-state index < -0.39 is 0 Å². The van der Waals surface area contributed by atoms with E-state index in [9.17, 15) is 4.79 Å². The van der Waals surface area contributed by atoms with Gasteiger partial charge in [0.05, 0.1) is 6.61 Å². The lowest BCUT2D eigenvalue weighted by Crippen LogP contribution is -2.34. The molecule has 1 aromatic carbocycles. The maximum atomic E-state index is 11.6. The maximum absolute atomic E-state index is 11.6. The molecule has 1 aromatic rings. The Morgan fingerprint density at radius 3 is 2.82 bits per heavy atom. The van der Waals surface area contributed by atoms with Crippen LogP contribution in [0.4, 0.5) is 0 Å². The summed E-state index contributed by atoms with van der Waals surface area (Å²) in [6, 6.07) is 8.10. The Morgan fingerprint density at radius 1 is 1.47 bits per heavy atom. The molecule has 0 spiro atoms. The fourth-order valence-electron chi connectivity index (χ4n) is 1.61. The molecule has 0 saturated carbocycles. The number of hydrogen-bond acceptors (Lipinski definition) is 2. The third-order valence-corrected chi connectivity index (χ3v) is 2.72. The number of carbonyl (C=O) groups is 1. The van der Waals surface area contributed by atoms with Crippen LogP contribution in [0.15, 0.2) is 24.3 Å². The minimum absolute atomic E-state index is 0.00945. The van der Waals surface area contributed by atoms with Crippen LogP contribution in [0, 0.1) is 6.92 Å². The SMILES string of the molecule is COCCN(Cc1cccc(C)c1)C(=O)CCl. The molecule has 1 amide bonds. The number of amides is 1. The first-order valence-electron chi connectivity index (χ1n) is 5.55. The van der Waals surface area contributed by atoms with E-state index in [-0.39, 0.29) is 11.8 Å². The van der Waals surface area contributed by atoms with Gasteiger partial charge < -0.3 is 9.64 Å². The van der Waals surface area contributed by atoms with Crippen molar-refractivity contribution in [1.29, 1.82) is 0 Å². The Kier molecular flexibility index (Phi) is 6.01. The Hall–Kier alpha value is -1.06. The lowest BCUT2D eigenvalue weighted by Gasteiger charge is -2.21. The number of benzene rings is 1. The average molecular weight is 256 g/mol. The van der Waals surface area contributed by atoms with Gasteiger partial charge in [-0.15, -0.1) is 11.6 Å². The van der Waals surface area contributed by atoms with E-state index in [2.05, 4.69) is 6.07 Å². The van der Waals surface area contributed by atoms with E-state index in [1.807, 2.05) is 25.1 Å². The lowest BCUT2D eigenvalue weighted by molar-refractivity contribution is -0.129. The van der Waals surface area contributed by atoms with Gasteiger partial charge in [-0.2, -0.15) is 0 Å². The minimum Gasteiger partial charge on any atom is -0.383 e. The monoisotopic (exact) mass is 255 g/mol. The first kappa shape index (κ1) is 14.0. The summed E-state index contributed by atoms with van der Waals surface area (Å²) in [4.78, 5) is 13.4. The summed E-state index contributed by atoms with van der Waals surface area (Å²) in [7, 11) is 1.62. The molecule has 94 valence electrons. The zero-order valence-corrected chi connectivity index (χ0v) is 11.0. The van der Waals surface area contributed by atoms with E-state index in [0.29, 0.717) is 19.7 Å². The molecule has 0 saturated heterocycles. The average Bonchev–Trinajstić information content (AvgIpc) is 2.33. The molecule has 0 fully saturated rings. The summed E-state index contributed by atoms with van der Waals surface area (Å²) in [6.07, 6.45) is 0. The number of aryl methyl sites for hydroxylation is 1. The molecule has 0 aliphatic carbocycles. The molecular weight excluding hydrogens is 238 g/mol. The first-order chi connectivity index (χ1) is 8.17. The van der Waals surface area contributed by atoms with Crippen LogP contribution in [0.2, 0.25) is 0 Å². The topological polar surface area (TPSA) is 29.5 Å². The van der Waals surface area contributed by atoms with Gasteiger partial charge in [0.2, 0.25) is 5.91 Å². The summed E-state index contributed by atoms with van der Waals surface area (Å²) < 4.78 is 4.99. The molecule has 0 heterocycles. The maximum Gasteiger partial charge on any atom is 0.237 e. The van der Waals surface area contributed by atoms with Crippen molar-refractivity contribution in [2.45, 2.75) is 13.5 Å². The Bertz CT molecular complexity index is 368. The van der Waals surface area contributed by atoms with Gasteiger partial charge in [0, 0.05) is 20.2 Å². The molecule has 0 aliphatic rings. The zero-order chi connectivity index (χ0) is 12.7. The molecule has 17 heavy (non-hydrogen) atoms. The predicted molar refractivity (Wildman–Crippen MR) is 69.2 cm³/mol. The number of rotatable bonds is 6. The number of halogens is 1. The van der Waals surface area contributed by atoms with Crippen LogP contribution in [0.5, 0.6) is 0 Å². The van der Waals surface area contributed by atoms with Crippen molar-refractivity contribution in [3.05, 3.63) is 35.4 Å². The van der Waals surface area contributed by atoms with Crippen LogP contribution in [-0.4, -0.2) is 36.9 Å². The van der Waals surface area contributed by atoms with E-state index in [1.165, 1.54) is 5.56 Å². The number of alkyl halides is 1. The lowest BCUT2D eigenvalue weighted by atomic mass is 10.1. The fourth-order valence-corrected chi connectivity index (χ4v) is 1.78. The standard InChI is InChI=1S/C13H18ClNO2/c1-11-4-3-5-12(8-11)10-15(6-7-17-2)13(16)9-14/h3-5,8H,6-7,9-10H2,1-2H3. The molecule has 0 atom stereocenters. The Labute approximate surface area is 107 Å². The smallest absolute Gasteiger partial charge is 0.237 e. The van der Waals surface area contributed by atoms with Crippen LogP contribution in [0.1, 0.15) is 11.1 Å². The largest absolute Gasteiger partial charge is 0.383 e. The molecule has 0 bridgehead atoms. The van der Waals surface area contributed by atoms with Crippen molar-refractivity contribution in [3.63, 3.8) is 0 Å². The van der Waals surface area contributed by atoms with Gasteiger partial charge >= 0.3 is 0 Å². The summed E-state index contributed by atoms with van der Waals surface area (Å²) in [5.41, 5.74) is 2.30. The van der Waals surface area contributed by atoms with Crippen molar-refractivity contribution in [1.82, 2.24) is 4.90 Å². The molecule has 0 N–H and O–H groups in total. The summed E-state index contributed by atoms with van der Waals surface area (Å²) in [5.74, 6) is -0.0552. The first-order valence-corrected chi connectivity index (χ1v) is 6.09. The Balaban J connectivity index is 2.68. The predicted octanol–water partition coefficient (Wildman–Crippen LogP) is 2.21. The molecule has 0 radical (unpaired) electrons. The highest BCUT2D eigenvalue weighted by Crippen LogP contribution is 2.08. The van der Waals surface area contributed by atoms with Crippen molar-refractivity contribution in [3.8, 4) is 0 Å². The molecule has 0 aliphatic heterocycles. The van der Waals surface area contributed by atoms with Crippen molar-refractivity contribution in [2.24, 2.45) is 0 Å². The molecule has 4 heteroatoms. The van der Waals surface area contributed by atoms with Gasteiger partial charge in [0.25, 0.3) is 0 Å². The van der Waals surface area contributed by atoms with Crippen molar-refractivity contribution < 1.29 is 9.53 Å². The molecule has 0 aromatic heterocycles. The van der Waals surface area contributed by atoms with Gasteiger partial charge in [-0.25, -0.2) is 0 Å².